The molecule has 0 N–H and O–H groups in total. The quantitative estimate of drug-likeness (QED) is 0.710. The summed E-state index contributed by atoms with van der Waals surface area (Å²) in [6.07, 6.45) is 11.0. The van der Waals surface area contributed by atoms with Crippen LogP contribution in [0.2, 0.25) is 0 Å². The van der Waals surface area contributed by atoms with E-state index in [0.29, 0.717) is 5.92 Å². The van der Waals surface area contributed by atoms with E-state index in [0.717, 1.165) is 24.5 Å². The molecule has 2 heterocycles. The first-order valence-corrected chi connectivity index (χ1v) is 9.29. The molecule has 0 bridgehead atoms. The average molecular weight is 331 g/mol. The van der Waals surface area contributed by atoms with E-state index in [9.17, 15) is 0 Å². The Morgan fingerprint density at radius 1 is 1.16 bits per heavy atom. The minimum Gasteiger partial charge on any atom is -0.371 e. The second-order valence-corrected chi connectivity index (χ2v) is 7.20. The Morgan fingerprint density at radius 3 is 2.76 bits per heavy atom. The molecule has 128 valence electrons. The first-order chi connectivity index (χ1) is 12.2. The van der Waals surface area contributed by atoms with Gasteiger partial charge in [0.05, 0.1) is 17.3 Å². The van der Waals surface area contributed by atoms with Gasteiger partial charge in [0, 0.05) is 36.8 Å². The van der Waals surface area contributed by atoms with Crippen molar-refractivity contribution in [3.05, 3.63) is 59.4 Å². The Balaban J connectivity index is 1.62. The first kappa shape index (κ1) is 16.1. The molecule has 1 atom stereocenters. The lowest BCUT2D eigenvalue weighted by molar-refractivity contribution is 0.867. The SMILES string of the molecule is CC(C)c1ccccc1N=CC1C=Cc2c(N3CCCC3)ccnc21. The fraction of sp³-hybridized carbons (Fsp3) is 0.364. The van der Waals surface area contributed by atoms with Gasteiger partial charge in [-0.2, -0.15) is 0 Å². The first-order valence-electron chi connectivity index (χ1n) is 9.29. The molecule has 3 nitrogen and oxygen atoms in total. The van der Waals surface area contributed by atoms with Crippen LogP contribution < -0.4 is 4.90 Å². The summed E-state index contributed by atoms with van der Waals surface area (Å²) in [7, 11) is 0. The number of fused-ring (bicyclic) bond motifs is 1. The van der Waals surface area contributed by atoms with Crippen LogP contribution in [0.3, 0.4) is 0 Å². The van der Waals surface area contributed by atoms with E-state index in [1.165, 1.54) is 29.7 Å². The van der Waals surface area contributed by atoms with Crippen LogP contribution in [0.5, 0.6) is 0 Å². The predicted molar refractivity (Wildman–Crippen MR) is 106 cm³/mol. The van der Waals surface area contributed by atoms with Gasteiger partial charge in [-0.1, -0.05) is 44.2 Å². The summed E-state index contributed by atoms with van der Waals surface area (Å²) in [6.45, 7) is 6.74. The van der Waals surface area contributed by atoms with E-state index in [1.54, 1.807) is 0 Å². The fourth-order valence-corrected chi connectivity index (χ4v) is 3.81. The number of nitrogens with zero attached hydrogens (tertiary/aromatic N) is 3. The lowest BCUT2D eigenvalue weighted by Crippen LogP contribution is -2.19. The normalized spacial score (nSPS) is 19.3. The zero-order valence-electron chi connectivity index (χ0n) is 15.0. The molecule has 2 aliphatic rings. The van der Waals surface area contributed by atoms with E-state index >= 15 is 0 Å². The van der Waals surface area contributed by atoms with Crippen LogP contribution in [-0.4, -0.2) is 24.3 Å². The highest BCUT2D eigenvalue weighted by Crippen LogP contribution is 2.36. The van der Waals surface area contributed by atoms with Crippen molar-refractivity contribution >= 4 is 23.7 Å². The molecule has 0 amide bonds. The van der Waals surface area contributed by atoms with Crippen molar-refractivity contribution in [2.75, 3.05) is 18.0 Å². The van der Waals surface area contributed by atoms with Gasteiger partial charge in [0.2, 0.25) is 0 Å². The predicted octanol–water partition coefficient (Wildman–Crippen LogP) is 5.32. The van der Waals surface area contributed by atoms with Gasteiger partial charge in [-0.25, -0.2) is 0 Å². The summed E-state index contributed by atoms with van der Waals surface area (Å²) in [6, 6.07) is 10.6. The zero-order chi connectivity index (χ0) is 17.2. The summed E-state index contributed by atoms with van der Waals surface area (Å²) in [5, 5.41) is 0. The number of pyridine rings is 1. The summed E-state index contributed by atoms with van der Waals surface area (Å²) >= 11 is 0. The van der Waals surface area contributed by atoms with Crippen LogP contribution in [0, 0.1) is 0 Å². The van der Waals surface area contributed by atoms with Gasteiger partial charge in [0.25, 0.3) is 0 Å². The van der Waals surface area contributed by atoms with Crippen molar-refractivity contribution in [1.29, 1.82) is 0 Å². The Hall–Kier alpha value is -2.42. The Morgan fingerprint density at radius 2 is 1.96 bits per heavy atom. The fourth-order valence-electron chi connectivity index (χ4n) is 3.81. The molecule has 0 radical (unpaired) electrons. The molecular formula is C22H25N3. The van der Waals surface area contributed by atoms with E-state index in [1.807, 2.05) is 12.4 Å². The third-order valence-corrected chi connectivity index (χ3v) is 5.16. The monoisotopic (exact) mass is 331 g/mol. The van der Waals surface area contributed by atoms with Crippen LogP contribution in [0.4, 0.5) is 11.4 Å². The van der Waals surface area contributed by atoms with Crippen molar-refractivity contribution in [3.8, 4) is 0 Å². The van der Waals surface area contributed by atoms with E-state index in [-0.39, 0.29) is 5.92 Å². The molecule has 1 unspecified atom stereocenters. The number of allylic oxidation sites excluding steroid dienone is 1. The van der Waals surface area contributed by atoms with Crippen LogP contribution in [0.25, 0.3) is 6.08 Å². The number of aliphatic imine (C=N–C) groups is 1. The number of aromatic nitrogens is 1. The third kappa shape index (κ3) is 3.11. The summed E-state index contributed by atoms with van der Waals surface area (Å²) in [5.41, 5.74) is 6.10. The number of hydrogen-bond acceptors (Lipinski definition) is 3. The molecule has 1 aliphatic heterocycles. The molecule has 2 aromatic rings. The number of rotatable bonds is 4. The molecular weight excluding hydrogens is 306 g/mol. The Labute approximate surface area is 150 Å². The lowest BCUT2D eigenvalue weighted by Gasteiger charge is -2.20. The van der Waals surface area contributed by atoms with Crippen molar-refractivity contribution in [2.45, 2.75) is 38.5 Å². The summed E-state index contributed by atoms with van der Waals surface area (Å²) in [4.78, 5) is 12.0. The van der Waals surface area contributed by atoms with Gasteiger partial charge >= 0.3 is 0 Å². The average Bonchev–Trinajstić information content (AvgIpc) is 3.30. The molecule has 1 aromatic carbocycles. The largest absolute Gasteiger partial charge is 0.371 e. The highest BCUT2D eigenvalue weighted by molar-refractivity contribution is 5.84. The molecule has 1 aromatic heterocycles. The van der Waals surface area contributed by atoms with Gasteiger partial charge in [-0.15, -0.1) is 0 Å². The van der Waals surface area contributed by atoms with Crippen molar-refractivity contribution in [3.63, 3.8) is 0 Å². The Kier molecular flexibility index (Phi) is 4.39. The van der Waals surface area contributed by atoms with Crippen LogP contribution >= 0.6 is 0 Å². The van der Waals surface area contributed by atoms with Crippen molar-refractivity contribution in [1.82, 2.24) is 4.98 Å². The molecule has 4 rings (SSSR count). The molecule has 1 fully saturated rings. The molecule has 0 spiro atoms. The minimum absolute atomic E-state index is 0.165. The Bertz CT molecular complexity index is 814. The second-order valence-electron chi connectivity index (χ2n) is 7.20. The minimum atomic E-state index is 0.165. The maximum absolute atomic E-state index is 4.81. The summed E-state index contributed by atoms with van der Waals surface area (Å²) < 4.78 is 0. The number of anilines is 1. The highest BCUT2D eigenvalue weighted by atomic mass is 15.1. The van der Waals surface area contributed by atoms with Crippen molar-refractivity contribution in [2.24, 2.45) is 4.99 Å². The standard InChI is InChI=1S/C22H25N3/c1-16(2)18-7-3-4-8-20(18)24-15-17-9-10-19-21(11-12-23-22(17)19)25-13-5-6-14-25/h3-4,7-12,15-17H,5-6,13-14H2,1-2H3. The van der Waals surface area contributed by atoms with E-state index < -0.39 is 0 Å². The maximum atomic E-state index is 4.81. The molecule has 1 aliphatic carbocycles. The van der Waals surface area contributed by atoms with Gasteiger partial charge in [-0.05, 0) is 36.5 Å². The van der Waals surface area contributed by atoms with E-state index in [4.69, 9.17) is 4.99 Å². The number of para-hydroxylation sites is 1. The number of hydrogen-bond donors (Lipinski definition) is 0. The van der Waals surface area contributed by atoms with Gasteiger partial charge < -0.3 is 4.90 Å². The van der Waals surface area contributed by atoms with Crippen molar-refractivity contribution < 1.29 is 0 Å². The van der Waals surface area contributed by atoms with Crippen LogP contribution in [0.1, 0.15) is 55.3 Å². The molecule has 1 saturated heterocycles. The third-order valence-electron chi connectivity index (χ3n) is 5.16. The number of benzene rings is 1. The molecule has 25 heavy (non-hydrogen) atoms. The summed E-state index contributed by atoms with van der Waals surface area (Å²) in [5.74, 6) is 0.637. The van der Waals surface area contributed by atoms with Gasteiger partial charge in [-0.3, -0.25) is 9.98 Å². The van der Waals surface area contributed by atoms with E-state index in [2.05, 4.69) is 66.2 Å². The maximum Gasteiger partial charge on any atom is 0.0660 e. The van der Waals surface area contributed by atoms with Crippen LogP contribution in [-0.2, 0) is 0 Å². The smallest absolute Gasteiger partial charge is 0.0660 e. The van der Waals surface area contributed by atoms with Gasteiger partial charge in [0.15, 0.2) is 0 Å². The topological polar surface area (TPSA) is 28.5 Å². The van der Waals surface area contributed by atoms with Gasteiger partial charge in [0.1, 0.15) is 0 Å². The molecule has 0 saturated carbocycles. The molecule has 3 heteroatoms. The highest BCUT2D eigenvalue weighted by Gasteiger charge is 2.23. The lowest BCUT2D eigenvalue weighted by atomic mass is 10.0. The van der Waals surface area contributed by atoms with Crippen LogP contribution in [0.15, 0.2) is 47.6 Å². The second kappa shape index (κ2) is 6.83. The zero-order valence-corrected chi connectivity index (χ0v) is 15.0.